The summed E-state index contributed by atoms with van der Waals surface area (Å²) in [5.41, 5.74) is 1.92. The van der Waals surface area contributed by atoms with E-state index in [2.05, 4.69) is 23.4 Å². The van der Waals surface area contributed by atoms with Gasteiger partial charge in [-0.15, -0.1) is 0 Å². The first kappa shape index (κ1) is 16.4. The Kier molecular flexibility index (Phi) is 4.13. The molecule has 0 bridgehead atoms. The number of hydrogen-bond donors (Lipinski definition) is 1. The third-order valence-electron chi connectivity index (χ3n) is 4.72. The lowest BCUT2D eigenvalue weighted by Gasteiger charge is -2.10. The quantitative estimate of drug-likeness (QED) is 0.758. The Morgan fingerprint density at radius 3 is 3.00 bits per heavy atom. The molecule has 25 heavy (non-hydrogen) atoms. The molecule has 0 amide bonds. The Balaban J connectivity index is 1.40. The molecule has 0 aliphatic carbocycles. The Bertz CT molecular complexity index is 957. The lowest BCUT2D eigenvalue weighted by Crippen LogP contribution is -2.17. The van der Waals surface area contributed by atoms with Crippen LogP contribution in [0.3, 0.4) is 0 Å². The molecular weight excluding hydrogens is 338 g/mol. The third-order valence-corrected chi connectivity index (χ3v) is 6.47. The van der Waals surface area contributed by atoms with Gasteiger partial charge in [0.15, 0.2) is 9.84 Å². The Morgan fingerprint density at radius 2 is 2.24 bits per heavy atom. The maximum atomic E-state index is 11.6. The summed E-state index contributed by atoms with van der Waals surface area (Å²) < 4.78 is 30.9. The minimum atomic E-state index is -2.90. The summed E-state index contributed by atoms with van der Waals surface area (Å²) in [5, 5.41) is 8.87. The first-order valence-electron chi connectivity index (χ1n) is 8.45. The SMILES string of the molecule is C[C@H](NCc1cnn([C@H]2CCS(=O)(=O)C2)c1)c1cc2ccccc2o1. The van der Waals surface area contributed by atoms with Gasteiger partial charge in [-0.25, -0.2) is 8.42 Å². The number of nitrogens with one attached hydrogen (secondary N) is 1. The number of para-hydroxylation sites is 1. The Labute approximate surface area is 146 Å². The van der Waals surface area contributed by atoms with E-state index in [0.717, 1.165) is 22.3 Å². The maximum Gasteiger partial charge on any atom is 0.152 e. The fraction of sp³-hybridized carbons (Fsp3) is 0.389. The van der Waals surface area contributed by atoms with Gasteiger partial charge in [0.25, 0.3) is 0 Å². The van der Waals surface area contributed by atoms with Crippen LogP contribution in [0.2, 0.25) is 0 Å². The van der Waals surface area contributed by atoms with Crippen molar-refractivity contribution in [1.29, 1.82) is 0 Å². The molecule has 1 fully saturated rings. The fourth-order valence-corrected chi connectivity index (χ4v) is 4.94. The van der Waals surface area contributed by atoms with Crippen molar-refractivity contribution in [3.63, 3.8) is 0 Å². The molecule has 1 aliphatic rings. The lowest BCUT2D eigenvalue weighted by molar-refractivity contribution is 0.450. The summed E-state index contributed by atoms with van der Waals surface area (Å²) in [5.74, 6) is 1.35. The molecule has 1 aromatic carbocycles. The van der Waals surface area contributed by atoms with Crippen LogP contribution in [-0.2, 0) is 16.4 Å². The lowest BCUT2D eigenvalue weighted by atomic mass is 10.2. The molecule has 3 aromatic rings. The van der Waals surface area contributed by atoms with Crippen LogP contribution in [0, 0.1) is 0 Å². The zero-order valence-electron chi connectivity index (χ0n) is 14.1. The van der Waals surface area contributed by atoms with E-state index in [4.69, 9.17) is 4.42 Å². The van der Waals surface area contributed by atoms with Crippen molar-refractivity contribution >= 4 is 20.8 Å². The van der Waals surface area contributed by atoms with Gasteiger partial charge in [0, 0.05) is 23.7 Å². The van der Waals surface area contributed by atoms with Crippen LogP contribution >= 0.6 is 0 Å². The summed E-state index contributed by atoms with van der Waals surface area (Å²) in [4.78, 5) is 0. The molecule has 2 aromatic heterocycles. The molecule has 0 unspecified atom stereocenters. The predicted octanol–water partition coefficient (Wildman–Crippen LogP) is 2.84. The van der Waals surface area contributed by atoms with Crippen LogP contribution in [0.5, 0.6) is 0 Å². The van der Waals surface area contributed by atoms with Gasteiger partial charge in [-0.2, -0.15) is 5.10 Å². The van der Waals surface area contributed by atoms with Gasteiger partial charge in [-0.1, -0.05) is 18.2 Å². The molecular formula is C18H21N3O3S. The molecule has 1 saturated heterocycles. The average molecular weight is 359 g/mol. The van der Waals surface area contributed by atoms with Gasteiger partial charge in [0.1, 0.15) is 11.3 Å². The van der Waals surface area contributed by atoms with Crippen LogP contribution in [0.15, 0.2) is 47.1 Å². The highest BCUT2D eigenvalue weighted by molar-refractivity contribution is 7.91. The smallest absolute Gasteiger partial charge is 0.152 e. The molecule has 7 heteroatoms. The Hall–Kier alpha value is -2.12. The Morgan fingerprint density at radius 1 is 1.40 bits per heavy atom. The fourth-order valence-electron chi connectivity index (χ4n) is 3.24. The molecule has 0 spiro atoms. The number of sulfone groups is 1. The topological polar surface area (TPSA) is 77.1 Å². The van der Waals surface area contributed by atoms with E-state index in [1.165, 1.54) is 0 Å². The second-order valence-electron chi connectivity index (χ2n) is 6.67. The van der Waals surface area contributed by atoms with Crippen LogP contribution < -0.4 is 5.32 Å². The first-order valence-corrected chi connectivity index (χ1v) is 10.3. The van der Waals surface area contributed by atoms with Gasteiger partial charge in [0.05, 0.1) is 29.8 Å². The molecule has 2 atom stereocenters. The standard InChI is InChI=1S/C18H21N3O3S/c1-13(18-8-15-4-2-3-5-17(15)24-18)19-9-14-10-20-21(11-14)16-6-7-25(22,23)12-16/h2-5,8,10-11,13,16,19H,6-7,9,12H2,1H3/t13-,16-/m0/s1. The second-order valence-corrected chi connectivity index (χ2v) is 8.90. The summed E-state index contributed by atoms with van der Waals surface area (Å²) in [6, 6.07) is 10.1. The number of benzene rings is 1. The largest absolute Gasteiger partial charge is 0.459 e. The van der Waals surface area contributed by atoms with E-state index < -0.39 is 9.84 Å². The highest BCUT2D eigenvalue weighted by Gasteiger charge is 2.29. The van der Waals surface area contributed by atoms with E-state index in [0.29, 0.717) is 13.0 Å². The van der Waals surface area contributed by atoms with Crippen molar-refractivity contribution in [3.05, 3.63) is 54.0 Å². The highest BCUT2D eigenvalue weighted by Crippen LogP contribution is 2.25. The zero-order chi connectivity index (χ0) is 17.4. The van der Waals surface area contributed by atoms with Crippen molar-refractivity contribution in [2.24, 2.45) is 0 Å². The minimum Gasteiger partial charge on any atom is -0.459 e. The summed E-state index contributed by atoms with van der Waals surface area (Å²) in [6.45, 7) is 2.71. The second kappa shape index (κ2) is 6.31. The monoisotopic (exact) mass is 359 g/mol. The van der Waals surface area contributed by atoms with Crippen LogP contribution in [-0.4, -0.2) is 29.7 Å². The number of nitrogens with zero attached hydrogens (tertiary/aromatic N) is 2. The molecule has 6 nitrogen and oxygen atoms in total. The molecule has 0 radical (unpaired) electrons. The zero-order valence-corrected chi connectivity index (χ0v) is 14.9. The van der Waals surface area contributed by atoms with Crippen LogP contribution in [0.1, 0.15) is 36.8 Å². The number of aromatic nitrogens is 2. The van der Waals surface area contributed by atoms with E-state index in [9.17, 15) is 8.42 Å². The van der Waals surface area contributed by atoms with Gasteiger partial charge in [-0.05, 0) is 25.5 Å². The third kappa shape index (κ3) is 3.48. The molecule has 0 saturated carbocycles. The average Bonchev–Trinajstić information content (AvgIpc) is 3.29. The summed E-state index contributed by atoms with van der Waals surface area (Å²) in [7, 11) is -2.90. The minimum absolute atomic E-state index is 0.0356. The molecule has 1 aliphatic heterocycles. The first-order chi connectivity index (χ1) is 12.0. The van der Waals surface area contributed by atoms with Gasteiger partial charge in [0.2, 0.25) is 0 Å². The molecule has 132 valence electrons. The highest BCUT2D eigenvalue weighted by atomic mass is 32.2. The normalized spacial score (nSPS) is 20.9. The number of fused-ring (bicyclic) bond motifs is 1. The van der Waals surface area contributed by atoms with Crippen molar-refractivity contribution < 1.29 is 12.8 Å². The van der Waals surface area contributed by atoms with Crippen molar-refractivity contribution in [1.82, 2.24) is 15.1 Å². The van der Waals surface area contributed by atoms with Gasteiger partial charge < -0.3 is 9.73 Å². The maximum absolute atomic E-state index is 11.6. The van der Waals surface area contributed by atoms with E-state index in [-0.39, 0.29) is 23.6 Å². The summed E-state index contributed by atoms with van der Waals surface area (Å²) in [6.07, 6.45) is 4.37. The van der Waals surface area contributed by atoms with E-state index >= 15 is 0 Å². The van der Waals surface area contributed by atoms with Gasteiger partial charge >= 0.3 is 0 Å². The van der Waals surface area contributed by atoms with Crippen LogP contribution in [0.4, 0.5) is 0 Å². The predicted molar refractivity (Wildman–Crippen MR) is 96.0 cm³/mol. The van der Waals surface area contributed by atoms with Gasteiger partial charge in [-0.3, -0.25) is 4.68 Å². The molecule has 3 heterocycles. The van der Waals surface area contributed by atoms with E-state index in [1.54, 1.807) is 10.9 Å². The van der Waals surface area contributed by atoms with Crippen molar-refractivity contribution in [2.45, 2.75) is 32.0 Å². The number of rotatable bonds is 5. The number of furan rings is 1. The van der Waals surface area contributed by atoms with Crippen molar-refractivity contribution in [2.75, 3.05) is 11.5 Å². The summed E-state index contributed by atoms with van der Waals surface area (Å²) >= 11 is 0. The van der Waals surface area contributed by atoms with E-state index in [1.807, 2.05) is 30.5 Å². The molecule has 1 N–H and O–H groups in total. The van der Waals surface area contributed by atoms with Crippen LogP contribution in [0.25, 0.3) is 11.0 Å². The number of hydrogen-bond acceptors (Lipinski definition) is 5. The molecule has 4 rings (SSSR count). The van der Waals surface area contributed by atoms with Crippen molar-refractivity contribution in [3.8, 4) is 0 Å².